The third kappa shape index (κ3) is 4.44. The lowest BCUT2D eigenvalue weighted by atomic mass is 10.1. The van der Waals surface area contributed by atoms with Crippen molar-refractivity contribution >= 4 is 21.4 Å². The van der Waals surface area contributed by atoms with E-state index in [0.29, 0.717) is 18.2 Å². The highest BCUT2D eigenvalue weighted by atomic mass is 32.2. The number of aromatic nitrogens is 2. The smallest absolute Gasteiger partial charge is 0.242 e. The molecule has 6 nitrogen and oxygen atoms in total. The third-order valence-electron chi connectivity index (χ3n) is 3.82. The Morgan fingerprint density at radius 1 is 1.29 bits per heavy atom. The number of hydrogen-bond acceptors (Lipinski definition) is 4. The van der Waals surface area contributed by atoms with Crippen molar-refractivity contribution in [2.75, 3.05) is 11.6 Å². The molecule has 1 atom stereocenters. The molecule has 7 heteroatoms. The molecule has 0 aliphatic rings. The molecule has 2 rings (SSSR count). The van der Waals surface area contributed by atoms with Crippen LogP contribution in [0, 0.1) is 0 Å². The number of carbonyl (C=O) groups is 1. The minimum absolute atomic E-state index is 0.318. The molecule has 1 amide bonds. The van der Waals surface area contributed by atoms with Gasteiger partial charge in [-0.25, -0.2) is 13.4 Å². The van der Waals surface area contributed by atoms with E-state index in [4.69, 9.17) is 0 Å². The number of benzene rings is 1. The Bertz CT molecular complexity index is 825. The molecule has 0 saturated heterocycles. The Balaban J connectivity index is 2.15. The van der Waals surface area contributed by atoms with E-state index in [9.17, 15) is 13.2 Å². The molecule has 1 aromatic heterocycles. The van der Waals surface area contributed by atoms with Gasteiger partial charge in [-0.1, -0.05) is 26.0 Å². The average molecular weight is 349 g/mol. The van der Waals surface area contributed by atoms with Crippen molar-refractivity contribution in [2.45, 2.75) is 38.5 Å². The van der Waals surface area contributed by atoms with E-state index in [1.807, 2.05) is 24.4 Å². The monoisotopic (exact) mass is 349 g/mol. The lowest BCUT2D eigenvalue weighted by Gasteiger charge is -2.13. The maximum absolute atomic E-state index is 12.0. The van der Waals surface area contributed by atoms with Crippen LogP contribution in [0.5, 0.6) is 0 Å². The van der Waals surface area contributed by atoms with Crippen LogP contribution in [0.25, 0.3) is 0 Å². The summed E-state index contributed by atoms with van der Waals surface area (Å²) in [7, 11) is -3.41. The van der Waals surface area contributed by atoms with Gasteiger partial charge in [0.1, 0.15) is 11.1 Å². The molecular formula is C17H23N3O3S. The third-order valence-corrected chi connectivity index (χ3v) is 5.32. The minimum atomic E-state index is -3.41. The molecule has 0 radical (unpaired) electrons. The number of amides is 1. The van der Waals surface area contributed by atoms with Gasteiger partial charge in [-0.05, 0) is 24.6 Å². The van der Waals surface area contributed by atoms with E-state index < -0.39 is 21.0 Å². The average Bonchev–Trinajstić information content (AvgIpc) is 2.94. The van der Waals surface area contributed by atoms with Gasteiger partial charge in [-0.3, -0.25) is 4.79 Å². The SMILES string of the molecule is CC(C)c1nccn1Cc1cccc(NC(=O)[C@@H](C)S(C)(=O)=O)c1. The van der Waals surface area contributed by atoms with Crippen LogP contribution in [0.3, 0.4) is 0 Å². The lowest BCUT2D eigenvalue weighted by Crippen LogP contribution is -2.31. The summed E-state index contributed by atoms with van der Waals surface area (Å²) in [6, 6.07) is 7.38. The van der Waals surface area contributed by atoms with Crippen LogP contribution >= 0.6 is 0 Å². The van der Waals surface area contributed by atoms with Crippen LogP contribution in [0.15, 0.2) is 36.7 Å². The van der Waals surface area contributed by atoms with Crippen molar-refractivity contribution in [1.82, 2.24) is 9.55 Å². The first-order valence-electron chi connectivity index (χ1n) is 7.78. The zero-order chi connectivity index (χ0) is 17.9. The summed E-state index contributed by atoms with van der Waals surface area (Å²) < 4.78 is 25.0. The minimum Gasteiger partial charge on any atom is -0.330 e. The Labute approximate surface area is 142 Å². The first-order chi connectivity index (χ1) is 11.2. The zero-order valence-electron chi connectivity index (χ0n) is 14.4. The largest absolute Gasteiger partial charge is 0.330 e. The van der Waals surface area contributed by atoms with E-state index in [1.54, 1.807) is 12.3 Å². The second-order valence-corrected chi connectivity index (χ2v) is 8.60. The zero-order valence-corrected chi connectivity index (χ0v) is 15.2. The van der Waals surface area contributed by atoms with Crippen LogP contribution in [0.2, 0.25) is 0 Å². The Hall–Kier alpha value is -2.15. The number of nitrogens with zero attached hydrogens (tertiary/aromatic N) is 2. The van der Waals surface area contributed by atoms with Crippen molar-refractivity contribution in [3.05, 3.63) is 48.0 Å². The van der Waals surface area contributed by atoms with Crippen molar-refractivity contribution in [1.29, 1.82) is 0 Å². The quantitative estimate of drug-likeness (QED) is 0.868. The van der Waals surface area contributed by atoms with Crippen LogP contribution in [-0.2, 0) is 21.2 Å². The van der Waals surface area contributed by atoms with E-state index in [0.717, 1.165) is 17.6 Å². The second kappa shape index (κ2) is 7.17. The van der Waals surface area contributed by atoms with Gasteiger partial charge < -0.3 is 9.88 Å². The summed E-state index contributed by atoms with van der Waals surface area (Å²) in [6.07, 6.45) is 4.75. The Kier molecular flexibility index (Phi) is 5.43. The first-order valence-corrected chi connectivity index (χ1v) is 9.73. The molecule has 1 N–H and O–H groups in total. The molecule has 0 bridgehead atoms. The summed E-state index contributed by atoms with van der Waals surface area (Å²) >= 11 is 0. The van der Waals surface area contributed by atoms with Gasteiger partial charge in [0.15, 0.2) is 9.84 Å². The highest BCUT2D eigenvalue weighted by molar-refractivity contribution is 7.92. The molecule has 0 unspecified atom stereocenters. The molecule has 0 aliphatic heterocycles. The fraction of sp³-hybridized carbons (Fsp3) is 0.412. The standard InChI is InChI=1S/C17H23N3O3S/c1-12(2)16-18-8-9-20(16)11-14-6-5-7-15(10-14)19-17(21)13(3)24(4,22)23/h5-10,12-13H,11H2,1-4H3,(H,19,21)/t13-/m1/s1. The van der Waals surface area contributed by atoms with Gasteiger partial charge in [0.2, 0.25) is 5.91 Å². The van der Waals surface area contributed by atoms with E-state index in [-0.39, 0.29) is 0 Å². The van der Waals surface area contributed by atoms with Gasteiger partial charge in [0.25, 0.3) is 0 Å². The molecule has 2 aromatic rings. The maximum atomic E-state index is 12.0. The Morgan fingerprint density at radius 3 is 2.62 bits per heavy atom. The highest BCUT2D eigenvalue weighted by Gasteiger charge is 2.23. The number of rotatable bonds is 6. The van der Waals surface area contributed by atoms with Gasteiger partial charge in [0.05, 0.1) is 0 Å². The molecule has 24 heavy (non-hydrogen) atoms. The lowest BCUT2D eigenvalue weighted by molar-refractivity contribution is -0.115. The number of hydrogen-bond donors (Lipinski definition) is 1. The highest BCUT2D eigenvalue weighted by Crippen LogP contribution is 2.17. The summed E-state index contributed by atoms with van der Waals surface area (Å²) in [6.45, 7) is 6.19. The number of sulfone groups is 1. The molecule has 1 aromatic carbocycles. The molecule has 130 valence electrons. The summed E-state index contributed by atoms with van der Waals surface area (Å²) in [5, 5.41) is 1.58. The molecular weight excluding hydrogens is 326 g/mol. The van der Waals surface area contributed by atoms with Crippen molar-refractivity contribution < 1.29 is 13.2 Å². The van der Waals surface area contributed by atoms with Gasteiger partial charge in [-0.15, -0.1) is 0 Å². The number of nitrogens with one attached hydrogen (secondary N) is 1. The summed E-state index contributed by atoms with van der Waals surface area (Å²) in [5.41, 5.74) is 1.58. The van der Waals surface area contributed by atoms with E-state index in [2.05, 4.69) is 28.7 Å². The molecule has 1 heterocycles. The molecule has 0 aliphatic carbocycles. The van der Waals surface area contributed by atoms with E-state index in [1.165, 1.54) is 6.92 Å². The van der Waals surface area contributed by atoms with Crippen LogP contribution in [0.1, 0.15) is 38.1 Å². The fourth-order valence-corrected chi connectivity index (χ4v) is 2.79. The van der Waals surface area contributed by atoms with Crippen molar-refractivity contribution in [2.24, 2.45) is 0 Å². The van der Waals surface area contributed by atoms with Crippen LogP contribution in [-0.4, -0.2) is 35.4 Å². The predicted molar refractivity (Wildman–Crippen MR) is 94.8 cm³/mol. The molecule has 0 fully saturated rings. The Morgan fingerprint density at radius 2 is 2.00 bits per heavy atom. The number of imidazole rings is 1. The van der Waals surface area contributed by atoms with Gasteiger partial charge >= 0.3 is 0 Å². The summed E-state index contributed by atoms with van der Waals surface area (Å²) in [4.78, 5) is 16.4. The fourth-order valence-electron chi connectivity index (χ4n) is 2.34. The van der Waals surface area contributed by atoms with Crippen molar-refractivity contribution in [3.63, 3.8) is 0 Å². The van der Waals surface area contributed by atoms with Crippen LogP contribution in [0.4, 0.5) is 5.69 Å². The number of carbonyl (C=O) groups excluding carboxylic acids is 1. The summed E-state index contributed by atoms with van der Waals surface area (Å²) in [5.74, 6) is 0.786. The predicted octanol–water partition coefficient (Wildman–Crippen LogP) is 2.43. The first kappa shape index (κ1) is 18.2. The van der Waals surface area contributed by atoms with Gasteiger partial charge in [-0.2, -0.15) is 0 Å². The number of anilines is 1. The van der Waals surface area contributed by atoms with Crippen molar-refractivity contribution in [3.8, 4) is 0 Å². The normalized spacial score (nSPS) is 13.0. The van der Waals surface area contributed by atoms with Crippen LogP contribution < -0.4 is 5.32 Å². The molecule has 0 saturated carbocycles. The van der Waals surface area contributed by atoms with Gasteiger partial charge in [0, 0.05) is 36.8 Å². The molecule has 0 spiro atoms. The second-order valence-electron chi connectivity index (χ2n) is 6.23. The topological polar surface area (TPSA) is 81.1 Å². The van der Waals surface area contributed by atoms with E-state index >= 15 is 0 Å². The maximum Gasteiger partial charge on any atom is 0.242 e.